The van der Waals surface area contributed by atoms with Gasteiger partial charge in [0, 0.05) is 44.3 Å². The van der Waals surface area contributed by atoms with E-state index in [1.165, 1.54) is 83.1 Å². The van der Waals surface area contributed by atoms with Crippen molar-refractivity contribution < 1.29 is 8.83 Å². The molecule has 11 aromatic rings. The van der Waals surface area contributed by atoms with Gasteiger partial charge in [0.05, 0.1) is 40.3 Å². The Morgan fingerprint density at radius 1 is 0.439 bits per heavy atom. The van der Waals surface area contributed by atoms with Crippen LogP contribution < -0.4 is 4.90 Å². The van der Waals surface area contributed by atoms with Crippen LogP contribution in [0.1, 0.15) is 58.4 Å². The normalized spacial score (nSPS) is 14.3. The summed E-state index contributed by atoms with van der Waals surface area (Å²) in [5.41, 5.74) is 23.4. The highest BCUT2D eigenvalue weighted by molar-refractivity contribution is 6.13. The fraction of sp³-hybridized carbons (Fsp3) is 0.0968. The lowest BCUT2D eigenvalue weighted by atomic mass is 9.65. The average Bonchev–Trinajstić information content (AvgIpc) is 4.17. The number of anilines is 3. The third-order valence-corrected chi connectivity index (χ3v) is 15.1. The quantitative estimate of drug-likeness (QED) is 0.173. The van der Waals surface area contributed by atoms with Crippen LogP contribution in [-0.4, -0.2) is 4.57 Å². The van der Waals surface area contributed by atoms with Crippen molar-refractivity contribution in [3.8, 4) is 50.6 Å². The Bertz CT molecular complexity index is 3780. The second-order valence-corrected chi connectivity index (χ2v) is 19.0. The predicted molar refractivity (Wildman–Crippen MR) is 269 cm³/mol. The first-order valence-corrected chi connectivity index (χ1v) is 23.0. The summed E-state index contributed by atoms with van der Waals surface area (Å²) in [6, 6.07) is 67.7. The molecule has 314 valence electrons. The van der Waals surface area contributed by atoms with E-state index in [9.17, 15) is 0 Å². The zero-order valence-electron chi connectivity index (χ0n) is 37.2. The molecule has 0 saturated heterocycles. The minimum atomic E-state index is -0.640. The standard InChI is InChI=1S/C62H44N2O2/c1-37-18-26-56-47(32-37)48-33-38(2)34-54-58(48)64(56)57-27-21-41(35-53(57)62(54)50-28-30-65-59(50)60-51(62)29-31-66-60)39-19-22-42(23-20-39)63(55-17-11-9-14-44(55)40-12-6-5-7-13-40)43-24-25-46-45-15-8-10-16-49(45)61(3,4)52(46)36-43/h5-36H,1-4H3. The molecule has 3 aliphatic rings. The highest BCUT2D eigenvalue weighted by Gasteiger charge is 2.54. The third-order valence-electron chi connectivity index (χ3n) is 15.1. The first-order valence-electron chi connectivity index (χ1n) is 23.0. The Kier molecular flexibility index (Phi) is 7.49. The van der Waals surface area contributed by atoms with Gasteiger partial charge in [0.2, 0.25) is 0 Å². The fourth-order valence-corrected chi connectivity index (χ4v) is 12.2. The Morgan fingerprint density at radius 3 is 1.89 bits per heavy atom. The monoisotopic (exact) mass is 848 g/mol. The van der Waals surface area contributed by atoms with Crippen LogP contribution in [-0.2, 0) is 10.8 Å². The van der Waals surface area contributed by atoms with E-state index in [0.29, 0.717) is 0 Å². The molecule has 0 amide bonds. The molecule has 0 atom stereocenters. The summed E-state index contributed by atoms with van der Waals surface area (Å²) >= 11 is 0. The van der Waals surface area contributed by atoms with Crippen molar-refractivity contribution >= 4 is 38.9 Å². The van der Waals surface area contributed by atoms with E-state index in [1.807, 2.05) is 12.5 Å². The van der Waals surface area contributed by atoms with Gasteiger partial charge in [-0.25, -0.2) is 0 Å². The number of furan rings is 2. The van der Waals surface area contributed by atoms with Crippen LogP contribution in [0.2, 0.25) is 0 Å². The molecule has 0 unspecified atom stereocenters. The summed E-state index contributed by atoms with van der Waals surface area (Å²) in [7, 11) is 0. The largest absolute Gasteiger partial charge is 0.461 e. The molecule has 0 N–H and O–H groups in total. The van der Waals surface area contributed by atoms with Gasteiger partial charge in [0.1, 0.15) is 0 Å². The highest BCUT2D eigenvalue weighted by atomic mass is 16.4. The molecular formula is C62H44N2O2. The van der Waals surface area contributed by atoms with Crippen molar-refractivity contribution in [2.24, 2.45) is 0 Å². The van der Waals surface area contributed by atoms with E-state index in [1.54, 1.807) is 0 Å². The molecule has 66 heavy (non-hydrogen) atoms. The molecule has 14 rings (SSSR count). The lowest BCUT2D eigenvalue weighted by Crippen LogP contribution is -2.33. The van der Waals surface area contributed by atoms with Crippen molar-refractivity contribution in [1.82, 2.24) is 4.57 Å². The molecule has 8 aromatic carbocycles. The predicted octanol–water partition coefficient (Wildman–Crippen LogP) is 16.4. The minimum absolute atomic E-state index is 0.134. The van der Waals surface area contributed by atoms with Gasteiger partial charge >= 0.3 is 0 Å². The van der Waals surface area contributed by atoms with Gasteiger partial charge < -0.3 is 18.3 Å². The number of para-hydroxylation sites is 1. The summed E-state index contributed by atoms with van der Waals surface area (Å²) < 4.78 is 15.1. The topological polar surface area (TPSA) is 34.5 Å². The fourth-order valence-electron chi connectivity index (χ4n) is 12.2. The highest BCUT2D eigenvalue weighted by Crippen LogP contribution is 2.62. The van der Waals surface area contributed by atoms with Crippen molar-refractivity contribution in [3.05, 3.63) is 239 Å². The number of aryl methyl sites for hydroxylation is 2. The number of hydrogen-bond acceptors (Lipinski definition) is 3. The zero-order chi connectivity index (χ0) is 44.1. The zero-order valence-corrected chi connectivity index (χ0v) is 37.2. The van der Waals surface area contributed by atoms with Gasteiger partial charge in [-0.3, -0.25) is 0 Å². The van der Waals surface area contributed by atoms with Gasteiger partial charge in [-0.2, -0.15) is 0 Å². The van der Waals surface area contributed by atoms with E-state index in [-0.39, 0.29) is 5.41 Å². The van der Waals surface area contributed by atoms with E-state index in [4.69, 9.17) is 8.83 Å². The van der Waals surface area contributed by atoms with E-state index < -0.39 is 5.41 Å². The lowest BCUT2D eigenvalue weighted by molar-refractivity contribution is 0.525. The SMILES string of the molecule is Cc1ccc2c(c1)c1cc(C)cc3c1n2-c1ccc(-c2ccc(N(c4ccc5c(c4)C(C)(C)c4ccccc4-5)c4ccccc4-c4ccccc4)cc2)cc1C31c2ccoc2-c2occc21. The smallest absolute Gasteiger partial charge is 0.174 e. The maximum absolute atomic E-state index is 6.30. The summed E-state index contributed by atoms with van der Waals surface area (Å²) in [5, 5.41) is 2.54. The van der Waals surface area contributed by atoms with E-state index in [2.05, 4.69) is 219 Å². The summed E-state index contributed by atoms with van der Waals surface area (Å²) in [5.74, 6) is 1.61. The molecule has 1 aliphatic heterocycles. The van der Waals surface area contributed by atoms with Crippen LogP contribution in [0.15, 0.2) is 203 Å². The number of hydrogen-bond donors (Lipinski definition) is 0. The van der Waals surface area contributed by atoms with E-state index >= 15 is 0 Å². The van der Waals surface area contributed by atoms with Crippen LogP contribution >= 0.6 is 0 Å². The number of benzene rings is 8. The molecule has 3 aromatic heterocycles. The van der Waals surface area contributed by atoms with Gasteiger partial charge in [0.25, 0.3) is 0 Å². The number of rotatable bonds is 5. The first-order chi connectivity index (χ1) is 32.3. The van der Waals surface area contributed by atoms with Crippen LogP contribution in [0.5, 0.6) is 0 Å². The molecule has 0 fully saturated rings. The second kappa shape index (κ2) is 13.2. The molecule has 0 radical (unpaired) electrons. The number of nitrogens with zero attached hydrogens (tertiary/aromatic N) is 2. The number of aromatic nitrogens is 1. The Balaban J connectivity index is 0.964. The van der Waals surface area contributed by atoms with Crippen molar-refractivity contribution in [2.75, 3.05) is 4.90 Å². The summed E-state index contributed by atoms with van der Waals surface area (Å²) in [4.78, 5) is 2.44. The minimum Gasteiger partial charge on any atom is -0.461 e. The first kappa shape index (κ1) is 37.3. The van der Waals surface area contributed by atoms with Crippen LogP contribution in [0.4, 0.5) is 17.1 Å². The molecule has 0 saturated carbocycles. The van der Waals surface area contributed by atoms with Crippen molar-refractivity contribution in [3.63, 3.8) is 0 Å². The molecular weight excluding hydrogens is 805 g/mol. The Hall–Kier alpha value is -8.08. The van der Waals surface area contributed by atoms with Gasteiger partial charge in [-0.05, 0) is 137 Å². The maximum atomic E-state index is 6.30. The molecule has 1 spiro atoms. The Labute approximate surface area is 383 Å². The molecule has 2 aliphatic carbocycles. The second-order valence-electron chi connectivity index (χ2n) is 19.0. The van der Waals surface area contributed by atoms with Crippen LogP contribution in [0.3, 0.4) is 0 Å². The maximum Gasteiger partial charge on any atom is 0.174 e. The average molecular weight is 849 g/mol. The number of fused-ring (bicyclic) bond motifs is 15. The lowest BCUT2D eigenvalue weighted by Gasteiger charge is -2.38. The summed E-state index contributed by atoms with van der Waals surface area (Å²) in [6.07, 6.45) is 3.65. The van der Waals surface area contributed by atoms with Gasteiger partial charge in [-0.1, -0.05) is 134 Å². The Morgan fingerprint density at radius 2 is 1.11 bits per heavy atom. The van der Waals surface area contributed by atoms with Crippen LogP contribution in [0.25, 0.3) is 72.4 Å². The van der Waals surface area contributed by atoms with Crippen molar-refractivity contribution in [2.45, 2.75) is 38.5 Å². The van der Waals surface area contributed by atoms with Gasteiger partial charge in [0.15, 0.2) is 11.5 Å². The molecule has 4 heteroatoms. The molecule has 4 nitrogen and oxygen atoms in total. The van der Waals surface area contributed by atoms with Crippen LogP contribution in [0, 0.1) is 13.8 Å². The molecule has 4 heterocycles. The van der Waals surface area contributed by atoms with Gasteiger partial charge in [-0.15, -0.1) is 0 Å². The van der Waals surface area contributed by atoms with Crippen molar-refractivity contribution in [1.29, 1.82) is 0 Å². The summed E-state index contributed by atoms with van der Waals surface area (Å²) in [6.45, 7) is 9.12. The third kappa shape index (κ3) is 4.83. The van der Waals surface area contributed by atoms with E-state index in [0.717, 1.165) is 50.8 Å². The molecule has 0 bridgehead atoms.